The highest BCUT2D eigenvalue weighted by Gasteiger charge is 2.30. The zero-order chi connectivity index (χ0) is 19.6. The normalized spacial score (nSPS) is 12.6. The molecule has 0 bridgehead atoms. The topological polar surface area (TPSA) is 57.5 Å². The standard InChI is InChI=1S/C24H24O3/c1-16(17-10-6-4-7-11-17)18-14-20(23(26)27)22(25)21(15-18)24(2,3)19-12-8-5-9-13-19/h4-16,25H,1-3H3,(H,26,27). The number of aromatic carboxylic acids is 1. The summed E-state index contributed by atoms with van der Waals surface area (Å²) in [4.78, 5) is 11.8. The first-order valence-electron chi connectivity index (χ1n) is 9.03. The second kappa shape index (κ2) is 7.28. The molecule has 0 spiro atoms. The predicted octanol–water partition coefficient (Wildman–Crippen LogP) is 5.57. The molecule has 3 nitrogen and oxygen atoms in total. The third kappa shape index (κ3) is 3.59. The number of carboxylic acids is 1. The van der Waals surface area contributed by atoms with Crippen LogP contribution in [0.25, 0.3) is 0 Å². The molecule has 3 aromatic carbocycles. The van der Waals surface area contributed by atoms with Gasteiger partial charge in [0.1, 0.15) is 11.3 Å². The molecule has 0 saturated heterocycles. The van der Waals surface area contributed by atoms with Gasteiger partial charge in [0.25, 0.3) is 0 Å². The van der Waals surface area contributed by atoms with Gasteiger partial charge in [0.2, 0.25) is 0 Å². The van der Waals surface area contributed by atoms with E-state index >= 15 is 0 Å². The Morgan fingerprint density at radius 3 is 2.00 bits per heavy atom. The highest BCUT2D eigenvalue weighted by molar-refractivity contribution is 5.92. The van der Waals surface area contributed by atoms with Crippen molar-refractivity contribution in [3.63, 3.8) is 0 Å². The molecule has 138 valence electrons. The third-order valence-electron chi connectivity index (χ3n) is 5.33. The highest BCUT2D eigenvalue weighted by Crippen LogP contribution is 2.41. The fourth-order valence-electron chi connectivity index (χ4n) is 3.49. The summed E-state index contributed by atoms with van der Waals surface area (Å²) >= 11 is 0. The van der Waals surface area contributed by atoms with Crippen molar-refractivity contribution < 1.29 is 15.0 Å². The lowest BCUT2D eigenvalue weighted by atomic mass is 9.75. The van der Waals surface area contributed by atoms with Crippen LogP contribution in [-0.4, -0.2) is 16.2 Å². The van der Waals surface area contributed by atoms with E-state index in [1.807, 2.05) is 87.5 Å². The van der Waals surface area contributed by atoms with E-state index in [0.29, 0.717) is 5.56 Å². The molecule has 1 atom stereocenters. The Morgan fingerprint density at radius 2 is 1.44 bits per heavy atom. The SMILES string of the molecule is CC(c1ccccc1)c1cc(C(=O)O)c(O)c(C(C)(C)c2ccccc2)c1. The van der Waals surface area contributed by atoms with Gasteiger partial charge in [0, 0.05) is 16.9 Å². The summed E-state index contributed by atoms with van der Waals surface area (Å²) in [5.74, 6) is -1.28. The lowest BCUT2D eigenvalue weighted by Gasteiger charge is -2.29. The molecule has 0 aliphatic carbocycles. The van der Waals surface area contributed by atoms with E-state index in [4.69, 9.17) is 0 Å². The van der Waals surface area contributed by atoms with E-state index in [1.54, 1.807) is 6.07 Å². The molecule has 0 radical (unpaired) electrons. The quantitative estimate of drug-likeness (QED) is 0.625. The van der Waals surface area contributed by atoms with Gasteiger partial charge in [-0.15, -0.1) is 0 Å². The Morgan fingerprint density at radius 1 is 0.889 bits per heavy atom. The molecule has 0 aromatic heterocycles. The molecule has 3 heteroatoms. The molecule has 27 heavy (non-hydrogen) atoms. The van der Waals surface area contributed by atoms with Gasteiger partial charge in [-0.1, -0.05) is 87.5 Å². The molecule has 0 heterocycles. The van der Waals surface area contributed by atoms with E-state index in [2.05, 4.69) is 0 Å². The summed E-state index contributed by atoms with van der Waals surface area (Å²) in [5.41, 5.74) is 3.00. The number of hydrogen-bond acceptors (Lipinski definition) is 2. The van der Waals surface area contributed by atoms with Gasteiger partial charge in [-0.25, -0.2) is 4.79 Å². The maximum atomic E-state index is 11.8. The maximum Gasteiger partial charge on any atom is 0.339 e. The van der Waals surface area contributed by atoms with E-state index in [1.165, 1.54) is 0 Å². The van der Waals surface area contributed by atoms with Crippen molar-refractivity contribution in [2.24, 2.45) is 0 Å². The van der Waals surface area contributed by atoms with Crippen LogP contribution in [0.4, 0.5) is 0 Å². The zero-order valence-corrected chi connectivity index (χ0v) is 15.8. The number of benzene rings is 3. The van der Waals surface area contributed by atoms with Crippen molar-refractivity contribution >= 4 is 5.97 Å². The molecule has 0 aliphatic heterocycles. The van der Waals surface area contributed by atoms with E-state index in [0.717, 1.165) is 16.7 Å². The average molecular weight is 360 g/mol. The summed E-state index contributed by atoms with van der Waals surface area (Å²) in [6.45, 7) is 6.05. The molecule has 3 aromatic rings. The van der Waals surface area contributed by atoms with Crippen LogP contribution in [0.3, 0.4) is 0 Å². The first-order chi connectivity index (χ1) is 12.8. The minimum absolute atomic E-state index is 0.00947. The Labute approximate surface area is 159 Å². The van der Waals surface area contributed by atoms with Crippen LogP contribution < -0.4 is 0 Å². The van der Waals surface area contributed by atoms with Crippen molar-refractivity contribution in [3.8, 4) is 5.75 Å². The van der Waals surface area contributed by atoms with Crippen molar-refractivity contribution in [1.82, 2.24) is 0 Å². The largest absolute Gasteiger partial charge is 0.507 e. The molecule has 1 unspecified atom stereocenters. The first-order valence-corrected chi connectivity index (χ1v) is 9.03. The fourth-order valence-corrected chi connectivity index (χ4v) is 3.49. The molecular formula is C24H24O3. The maximum absolute atomic E-state index is 11.8. The molecule has 2 N–H and O–H groups in total. The van der Waals surface area contributed by atoms with Gasteiger partial charge in [-0.05, 0) is 22.8 Å². The molecule has 3 rings (SSSR count). The number of hydrogen-bond donors (Lipinski definition) is 2. The van der Waals surface area contributed by atoms with Crippen molar-refractivity contribution in [3.05, 3.63) is 101 Å². The van der Waals surface area contributed by atoms with Crippen LogP contribution in [0.5, 0.6) is 5.75 Å². The number of carbonyl (C=O) groups is 1. The van der Waals surface area contributed by atoms with Crippen LogP contribution in [-0.2, 0) is 5.41 Å². The molecule has 0 aliphatic rings. The Bertz CT molecular complexity index is 944. The number of aromatic hydroxyl groups is 1. The van der Waals surface area contributed by atoms with Gasteiger partial charge in [-0.3, -0.25) is 0 Å². The molecule has 0 fully saturated rings. The van der Waals surface area contributed by atoms with Crippen LogP contribution in [0.2, 0.25) is 0 Å². The van der Waals surface area contributed by atoms with Gasteiger partial charge >= 0.3 is 5.97 Å². The minimum atomic E-state index is -1.13. The smallest absolute Gasteiger partial charge is 0.339 e. The summed E-state index contributed by atoms with van der Waals surface area (Å²) in [5, 5.41) is 20.4. The van der Waals surface area contributed by atoms with Crippen LogP contribution in [0.1, 0.15) is 59.3 Å². The first kappa shape index (κ1) is 18.7. The van der Waals surface area contributed by atoms with Crippen molar-refractivity contribution in [1.29, 1.82) is 0 Å². The van der Waals surface area contributed by atoms with Gasteiger partial charge in [0.05, 0.1) is 0 Å². The van der Waals surface area contributed by atoms with Crippen LogP contribution in [0.15, 0.2) is 72.8 Å². The van der Waals surface area contributed by atoms with Gasteiger partial charge in [0.15, 0.2) is 0 Å². The molecular weight excluding hydrogens is 336 g/mol. The Kier molecular flexibility index (Phi) is 5.04. The Hall–Kier alpha value is -3.07. The molecule has 0 saturated carbocycles. The monoisotopic (exact) mass is 360 g/mol. The fraction of sp³-hybridized carbons (Fsp3) is 0.208. The third-order valence-corrected chi connectivity index (χ3v) is 5.33. The lowest BCUT2D eigenvalue weighted by molar-refractivity contribution is 0.0693. The van der Waals surface area contributed by atoms with E-state index < -0.39 is 11.4 Å². The van der Waals surface area contributed by atoms with Gasteiger partial charge in [-0.2, -0.15) is 0 Å². The minimum Gasteiger partial charge on any atom is -0.507 e. The predicted molar refractivity (Wildman–Crippen MR) is 108 cm³/mol. The second-order valence-electron chi connectivity index (χ2n) is 7.39. The van der Waals surface area contributed by atoms with Gasteiger partial charge < -0.3 is 10.2 Å². The lowest BCUT2D eigenvalue weighted by Crippen LogP contribution is -2.20. The number of rotatable bonds is 5. The van der Waals surface area contributed by atoms with Crippen molar-refractivity contribution in [2.45, 2.75) is 32.1 Å². The second-order valence-corrected chi connectivity index (χ2v) is 7.39. The molecule has 0 amide bonds. The summed E-state index contributed by atoms with van der Waals surface area (Å²) in [6, 6.07) is 23.3. The summed E-state index contributed by atoms with van der Waals surface area (Å²) in [6.07, 6.45) is 0. The summed E-state index contributed by atoms with van der Waals surface area (Å²) < 4.78 is 0. The zero-order valence-electron chi connectivity index (χ0n) is 15.8. The highest BCUT2D eigenvalue weighted by atomic mass is 16.4. The van der Waals surface area contributed by atoms with Crippen LogP contribution in [0, 0.1) is 0 Å². The number of phenols is 1. The number of carboxylic acid groups (broad SMARTS) is 1. The average Bonchev–Trinajstić information content (AvgIpc) is 2.68. The van der Waals surface area contributed by atoms with Crippen LogP contribution >= 0.6 is 0 Å². The Balaban J connectivity index is 2.19. The van der Waals surface area contributed by atoms with E-state index in [9.17, 15) is 15.0 Å². The van der Waals surface area contributed by atoms with E-state index in [-0.39, 0.29) is 17.2 Å². The summed E-state index contributed by atoms with van der Waals surface area (Å²) in [7, 11) is 0. The van der Waals surface area contributed by atoms with Crippen molar-refractivity contribution in [2.75, 3.05) is 0 Å².